The molecule has 1 saturated heterocycles. The molecule has 6 rings (SSSR count). The average molecular weight is 615 g/mol. The topological polar surface area (TPSA) is 119 Å². The van der Waals surface area contributed by atoms with Crippen molar-refractivity contribution in [3.63, 3.8) is 0 Å². The van der Waals surface area contributed by atoms with Crippen LogP contribution in [0.4, 0.5) is 4.79 Å². The van der Waals surface area contributed by atoms with Crippen molar-refractivity contribution in [1.29, 1.82) is 0 Å². The summed E-state index contributed by atoms with van der Waals surface area (Å²) in [4.78, 5) is 41.0. The van der Waals surface area contributed by atoms with Crippen LogP contribution < -0.4 is 5.63 Å². The van der Waals surface area contributed by atoms with Crippen LogP contribution in [0.2, 0.25) is 0 Å². The van der Waals surface area contributed by atoms with Gasteiger partial charge in [-0.3, -0.25) is 9.69 Å². The Hall–Kier alpha value is -2.43. The van der Waals surface area contributed by atoms with Crippen LogP contribution in [0.1, 0.15) is 83.6 Å². The highest BCUT2D eigenvalue weighted by Crippen LogP contribution is 2.71. The molecule has 5 aliphatic rings. The molecule has 244 valence electrons. The molecule has 10 heteroatoms. The molecule has 0 unspecified atom stereocenters. The van der Waals surface area contributed by atoms with Gasteiger partial charge in [-0.1, -0.05) is 13.8 Å². The van der Waals surface area contributed by atoms with Crippen LogP contribution in [-0.4, -0.2) is 91.2 Å². The van der Waals surface area contributed by atoms with Crippen LogP contribution in [0.3, 0.4) is 0 Å². The molecular formula is C34H50N2O8. The van der Waals surface area contributed by atoms with Gasteiger partial charge in [0.2, 0.25) is 0 Å². The second kappa shape index (κ2) is 12.1. The van der Waals surface area contributed by atoms with E-state index in [1.807, 2.05) is 11.9 Å². The molecule has 9 atom stereocenters. The van der Waals surface area contributed by atoms with Gasteiger partial charge in [0.15, 0.2) is 0 Å². The van der Waals surface area contributed by atoms with Gasteiger partial charge < -0.3 is 28.6 Å². The highest BCUT2D eigenvalue weighted by Gasteiger charge is 2.70. The molecule has 0 aromatic carbocycles. The smallest absolute Gasteiger partial charge is 0.409 e. The molecule has 1 aromatic rings. The Balaban J connectivity index is 1.15. The van der Waals surface area contributed by atoms with Crippen molar-refractivity contribution in [3.05, 3.63) is 34.4 Å². The van der Waals surface area contributed by atoms with Crippen LogP contribution in [-0.2, 0) is 19.0 Å². The average Bonchev–Trinajstić information content (AvgIpc) is 3.23. The highest BCUT2D eigenvalue weighted by molar-refractivity contribution is 5.67. The number of fused-ring (bicyclic) bond motifs is 5. The molecule has 0 bridgehead atoms. The number of esters is 1. The van der Waals surface area contributed by atoms with Gasteiger partial charge >= 0.3 is 17.7 Å². The van der Waals surface area contributed by atoms with E-state index in [0.717, 1.165) is 83.4 Å². The molecule has 4 saturated carbocycles. The van der Waals surface area contributed by atoms with E-state index in [4.69, 9.17) is 18.6 Å². The standard InChI is InChI=1S/C34H50N2O8/c1-22(37)44-28-20-34(40)27-7-6-24-19-25(35(4)31(39)42-18-15-36-13-16-41-17-14-36)9-11-32(24,2)26(27)10-12-33(34,3)30(28)23-5-8-29(38)43-21-23/h5,8,21,24-28,30,40H,6-7,9-20H2,1-4H3/t24-,25+,26+,27-,28+,30+,32+,33-,34+/m1/s1. The van der Waals surface area contributed by atoms with E-state index in [2.05, 4.69) is 18.7 Å². The summed E-state index contributed by atoms with van der Waals surface area (Å²) in [5.74, 6) is 0.268. The summed E-state index contributed by atoms with van der Waals surface area (Å²) in [6.07, 6.45) is 7.69. The fraction of sp³-hybridized carbons (Fsp3) is 0.794. The SMILES string of the molecule is CC(=O)O[C@H]1C[C@]2(O)[C@@H]3CC[C@@H]4C[C@@H](N(C)C(=O)OCCN5CCOCC5)CC[C@]4(C)[C@H]3CC[C@]2(C)[C@H]1c1ccc(=O)oc1. The zero-order chi connectivity index (χ0) is 31.3. The van der Waals surface area contributed by atoms with Crippen LogP contribution in [0.5, 0.6) is 0 Å². The van der Waals surface area contributed by atoms with Gasteiger partial charge in [-0.2, -0.15) is 0 Å². The predicted octanol–water partition coefficient (Wildman–Crippen LogP) is 4.19. The number of rotatable bonds is 6. The first-order valence-corrected chi connectivity index (χ1v) is 16.6. The van der Waals surface area contributed by atoms with Gasteiger partial charge in [0, 0.05) is 63.5 Å². The van der Waals surface area contributed by atoms with Crippen molar-refractivity contribution in [3.8, 4) is 0 Å². The lowest BCUT2D eigenvalue weighted by atomic mass is 9.43. The lowest BCUT2D eigenvalue weighted by molar-refractivity contribution is -0.203. The first-order chi connectivity index (χ1) is 21.0. The summed E-state index contributed by atoms with van der Waals surface area (Å²) in [5, 5.41) is 12.8. The summed E-state index contributed by atoms with van der Waals surface area (Å²) < 4.78 is 22.2. The van der Waals surface area contributed by atoms with Gasteiger partial charge in [0.25, 0.3) is 0 Å². The minimum atomic E-state index is -1.01. The monoisotopic (exact) mass is 614 g/mol. The third-order valence-corrected chi connectivity index (χ3v) is 12.8. The highest BCUT2D eigenvalue weighted by atomic mass is 16.6. The Kier molecular flexibility index (Phi) is 8.65. The molecule has 10 nitrogen and oxygen atoms in total. The number of aliphatic hydroxyl groups is 1. The number of hydrogen-bond donors (Lipinski definition) is 1. The van der Waals surface area contributed by atoms with Crippen LogP contribution >= 0.6 is 0 Å². The van der Waals surface area contributed by atoms with E-state index in [1.165, 1.54) is 19.3 Å². The molecule has 44 heavy (non-hydrogen) atoms. The molecule has 1 amide bonds. The summed E-state index contributed by atoms with van der Waals surface area (Å²) in [6, 6.07) is 3.32. The Morgan fingerprint density at radius 1 is 1.09 bits per heavy atom. The zero-order valence-corrected chi connectivity index (χ0v) is 26.8. The Morgan fingerprint density at radius 3 is 2.57 bits per heavy atom. The number of hydrogen-bond acceptors (Lipinski definition) is 9. The van der Waals surface area contributed by atoms with E-state index >= 15 is 0 Å². The van der Waals surface area contributed by atoms with Crippen molar-refractivity contribution >= 4 is 12.1 Å². The van der Waals surface area contributed by atoms with Gasteiger partial charge in [0.05, 0.1) is 25.1 Å². The fourth-order valence-electron chi connectivity index (χ4n) is 10.4. The number of carbonyl (C=O) groups is 2. The molecule has 4 aliphatic carbocycles. The lowest BCUT2D eigenvalue weighted by Gasteiger charge is -2.63. The maximum atomic E-state index is 13.0. The van der Waals surface area contributed by atoms with E-state index in [1.54, 1.807) is 6.07 Å². The minimum absolute atomic E-state index is 0.0616. The molecule has 5 fully saturated rings. The molecule has 0 spiro atoms. The van der Waals surface area contributed by atoms with Gasteiger partial charge in [0.1, 0.15) is 12.7 Å². The number of carbonyl (C=O) groups excluding carboxylic acids is 2. The number of amides is 1. The van der Waals surface area contributed by atoms with Gasteiger partial charge in [-0.15, -0.1) is 0 Å². The fourth-order valence-corrected chi connectivity index (χ4v) is 10.4. The Morgan fingerprint density at radius 2 is 1.86 bits per heavy atom. The molecule has 1 N–H and O–H groups in total. The summed E-state index contributed by atoms with van der Waals surface area (Å²) in [5.41, 5.74) is -1.10. The Bertz CT molecular complexity index is 1260. The van der Waals surface area contributed by atoms with E-state index < -0.39 is 22.7 Å². The maximum absolute atomic E-state index is 13.0. The summed E-state index contributed by atoms with van der Waals surface area (Å²) >= 11 is 0. The zero-order valence-electron chi connectivity index (χ0n) is 26.8. The van der Waals surface area contributed by atoms with Crippen LogP contribution in [0.25, 0.3) is 0 Å². The van der Waals surface area contributed by atoms with Crippen molar-refractivity contribution in [2.24, 2.45) is 28.6 Å². The molecule has 1 aromatic heterocycles. The summed E-state index contributed by atoms with van der Waals surface area (Å²) in [7, 11) is 1.88. The van der Waals surface area contributed by atoms with Gasteiger partial charge in [-0.25, -0.2) is 9.59 Å². The first-order valence-electron chi connectivity index (χ1n) is 16.6. The van der Waals surface area contributed by atoms with Gasteiger partial charge in [-0.05, 0) is 79.7 Å². The predicted molar refractivity (Wildman–Crippen MR) is 162 cm³/mol. The van der Waals surface area contributed by atoms with E-state index in [0.29, 0.717) is 24.9 Å². The largest absolute Gasteiger partial charge is 0.462 e. The first kappa shape index (κ1) is 31.5. The van der Waals surface area contributed by atoms with E-state index in [-0.39, 0.29) is 35.4 Å². The quantitative estimate of drug-likeness (QED) is 0.471. The van der Waals surface area contributed by atoms with Crippen molar-refractivity contribution in [2.45, 2.75) is 95.8 Å². The third kappa shape index (κ3) is 5.38. The van der Waals surface area contributed by atoms with E-state index in [9.17, 15) is 19.5 Å². The number of nitrogens with zero attached hydrogens (tertiary/aromatic N) is 2. The Labute approximate surface area is 260 Å². The second-order valence-electron chi connectivity index (χ2n) is 14.7. The molecule has 2 heterocycles. The van der Waals surface area contributed by atoms with Crippen molar-refractivity contribution in [1.82, 2.24) is 9.80 Å². The molecule has 0 radical (unpaired) electrons. The lowest BCUT2D eigenvalue weighted by Crippen LogP contribution is -2.62. The number of morpholine rings is 1. The minimum Gasteiger partial charge on any atom is -0.462 e. The maximum Gasteiger partial charge on any atom is 0.409 e. The molecular weight excluding hydrogens is 564 g/mol. The molecule has 1 aliphatic heterocycles. The van der Waals surface area contributed by atoms with Crippen molar-refractivity contribution < 1.29 is 33.3 Å². The van der Waals surface area contributed by atoms with Crippen LogP contribution in [0, 0.1) is 28.6 Å². The van der Waals surface area contributed by atoms with Crippen LogP contribution in [0.15, 0.2) is 27.6 Å². The van der Waals surface area contributed by atoms with Crippen molar-refractivity contribution in [2.75, 3.05) is 46.5 Å². The number of ether oxygens (including phenoxy) is 3. The third-order valence-electron chi connectivity index (χ3n) is 12.8. The normalized spacial score (nSPS) is 40.3. The second-order valence-corrected chi connectivity index (χ2v) is 14.7. The summed E-state index contributed by atoms with van der Waals surface area (Å²) in [6.45, 7) is 10.3.